The summed E-state index contributed by atoms with van der Waals surface area (Å²) in [7, 11) is 0. The molecule has 2 heterocycles. The van der Waals surface area contributed by atoms with Crippen molar-refractivity contribution in [2.75, 3.05) is 23.3 Å². The van der Waals surface area contributed by atoms with Gasteiger partial charge in [0.1, 0.15) is 0 Å². The van der Waals surface area contributed by atoms with E-state index in [-0.39, 0.29) is 5.91 Å². The number of nitrogens with zero attached hydrogens (tertiary/aromatic N) is 1. The molecule has 0 spiro atoms. The van der Waals surface area contributed by atoms with Gasteiger partial charge in [-0.1, -0.05) is 0 Å². The lowest BCUT2D eigenvalue weighted by Crippen LogP contribution is -2.17. The van der Waals surface area contributed by atoms with Crippen LogP contribution in [0, 0.1) is 13.8 Å². The van der Waals surface area contributed by atoms with Crippen LogP contribution >= 0.6 is 0 Å². The van der Waals surface area contributed by atoms with Crippen molar-refractivity contribution in [3.63, 3.8) is 0 Å². The number of hydrogen-bond acceptors (Lipinski definition) is 2. The van der Waals surface area contributed by atoms with Gasteiger partial charge in [0, 0.05) is 35.9 Å². The highest BCUT2D eigenvalue weighted by Crippen LogP contribution is 2.22. The zero-order valence-corrected chi connectivity index (χ0v) is 12.6. The first-order chi connectivity index (χ1) is 10.1. The number of hydrogen-bond donors (Lipinski definition) is 2. The fourth-order valence-corrected chi connectivity index (χ4v) is 2.89. The van der Waals surface area contributed by atoms with Crippen LogP contribution in [0.3, 0.4) is 0 Å². The summed E-state index contributed by atoms with van der Waals surface area (Å²) in [5, 5.41) is 2.95. The molecule has 3 rings (SSSR count). The second kappa shape index (κ2) is 5.64. The van der Waals surface area contributed by atoms with Gasteiger partial charge in [-0.05, 0) is 57.0 Å². The molecule has 4 heteroatoms. The van der Waals surface area contributed by atoms with E-state index in [1.807, 2.05) is 32.0 Å². The van der Waals surface area contributed by atoms with Crippen LogP contribution in [0.1, 0.15) is 34.6 Å². The van der Waals surface area contributed by atoms with Gasteiger partial charge in [0.05, 0.1) is 5.56 Å². The Morgan fingerprint density at radius 2 is 1.81 bits per heavy atom. The summed E-state index contributed by atoms with van der Waals surface area (Å²) >= 11 is 0. The van der Waals surface area contributed by atoms with E-state index >= 15 is 0 Å². The zero-order valence-electron chi connectivity index (χ0n) is 12.6. The van der Waals surface area contributed by atoms with Crippen molar-refractivity contribution in [3.8, 4) is 0 Å². The molecule has 1 fully saturated rings. The third kappa shape index (κ3) is 2.94. The first-order valence-electron chi connectivity index (χ1n) is 7.46. The Kier molecular flexibility index (Phi) is 3.69. The molecule has 0 radical (unpaired) electrons. The molecule has 0 bridgehead atoms. The molecule has 2 N–H and O–H groups in total. The number of aromatic nitrogens is 1. The minimum atomic E-state index is -0.0641. The lowest BCUT2D eigenvalue weighted by atomic mass is 10.2. The molecular formula is C17H21N3O. The van der Waals surface area contributed by atoms with Gasteiger partial charge in [-0.25, -0.2) is 0 Å². The van der Waals surface area contributed by atoms with Gasteiger partial charge in [0.15, 0.2) is 0 Å². The second-order valence-corrected chi connectivity index (χ2v) is 5.69. The smallest absolute Gasteiger partial charge is 0.257 e. The molecule has 0 saturated carbocycles. The van der Waals surface area contributed by atoms with Crippen molar-refractivity contribution in [2.45, 2.75) is 26.7 Å². The number of benzene rings is 1. The normalized spacial score (nSPS) is 14.5. The van der Waals surface area contributed by atoms with E-state index in [9.17, 15) is 4.79 Å². The van der Waals surface area contributed by atoms with Crippen LogP contribution in [0.5, 0.6) is 0 Å². The SMILES string of the molecule is Cc1cc(C(=O)Nc2ccc(N3CCCC3)cc2)c(C)[nH]1. The molecule has 2 aromatic rings. The Morgan fingerprint density at radius 1 is 1.14 bits per heavy atom. The maximum absolute atomic E-state index is 12.2. The molecule has 0 unspecified atom stereocenters. The van der Waals surface area contributed by atoms with Crippen molar-refractivity contribution < 1.29 is 4.79 Å². The maximum Gasteiger partial charge on any atom is 0.257 e. The predicted molar refractivity (Wildman–Crippen MR) is 86.1 cm³/mol. The average Bonchev–Trinajstić information content (AvgIpc) is 3.09. The number of amides is 1. The first-order valence-corrected chi connectivity index (χ1v) is 7.46. The summed E-state index contributed by atoms with van der Waals surface area (Å²) in [5.74, 6) is -0.0641. The summed E-state index contributed by atoms with van der Waals surface area (Å²) in [6.07, 6.45) is 2.54. The van der Waals surface area contributed by atoms with Gasteiger partial charge in [-0.2, -0.15) is 0 Å². The molecule has 110 valence electrons. The fraction of sp³-hybridized carbons (Fsp3) is 0.353. The lowest BCUT2D eigenvalue weighted by Gasteiger charge is -2.17. The predicted octanol–water partition coefficient (Wildman–Crippen LogP) is 3.48. The Hall–Kier alpha value is -2.23. The van der Waals surface area contributed by atoms with Crippen molar-refractivity contribution in [1.29, 1.82) is 0 Å². The quantitative estimate of drug-likeness (QED) is 0.906. The van der Waals surface area contributed by atoms with Crippen molar-refractivity contribution in [1.82, 2.24) is 4.98 Å². The van der Waals surface area contributed by atoms with E-state index < -0.39 is 0 Å². The molecule has 4 nitrogen and oxygen atoms in total. The monoisotopic (exact) mass is 283 g/mol. The summed E-state index contributed by atoms with van der Waals surface area (Å²) in [4.78, 5) is 17.8. The van der Waals surface area contributed by atoms with Gasteiger partial charge in [0.25, 0.3) is 5.91 Å². The Bertz CT molecular complexity index is 637. The number of nitrogens with one attached hydrogen (secondary N) is 2. The molecule has 0 atom stereocenters. The number of H-pyrrole nitrogens is 1. The zero-order chi connectivity index (χ0) is 14.8. The summed E-state index contributed by atoms with van der Waals surface area (Å²) in [6.45, 7) is 6.13. The van der Waals surface area contributed by atoms with Crippen LogP contribution in [0.4, 0.5) is 11.4 Å². The number of anilines is 2. The van der Waals surface area contributed by atoms with Crippen LogP contribution < -0.4 is 10.2 Å². The average molecular weight is 283 g/mol. The molecule has 1 amide bonds. The molecule has 1 aromatic heterocycles. The Labute approximate surface area is 125 Å². The summed E-state index contributed by atoms with van der Waals surface area (Å²) in [5.41, 5.74) is 4.68. The van der Waals surface area contributed by atoms with Gasteiger partial charge >= 0.3 is 0 Å². The van der Waals surface area contributed by atoms with Crippen LogP contribution in [0.15, 0.2) is 30.3 Å². The lowest BCUT2D eigenvalue weighted by molar-refractivity contribution is 0.102. The molecule has 0 aliphatic carbocycles. The largest absolute Gasteiger partial charge is 0.372 e. The topological polar surface area (TPSA) is 48.1 Å². The Morgan fingerprint density at radius 3 is 2.38 bits per heavy atom. The maximum atomic E-state index is 12.2. The molecule has 21 heavy (non-hydrogen) atoms. The number of rotatable bonds is 3. The molecule has 1 aliphatic rings. The minimum Gasteiger partial charge on any atom is -0.372 e. The van der Waals surface area contributed by atoms with E-state index in [4.69, 9.17) is 0 Å². The fourth-order valence-electron chi connectivity index (χ4n) is 2.89. The number of carbonyl (C=O) groups excluding carboxylic acids is 1. The van der Waals surface area contributed by atoms with Crippen molar-refractivity contribution in [3.05, 3.63) is 47.3 Å². The Balaban J connectivity index is 1.70. The standard InChI is InChI=1S/C17H21N3O/c1-12-11-16(13(2)18-12)17(21)19-14-5-7-15(8-6-14)20-9-3-4-10-20/h5-8,11,18H,3-4,9-10H2,1-2H3,(H,19,21). The van der Waals surface area contributed by atoms with E-state index in [0.717, 1.165) is 30.2 Å². The highest BCUT2D eigenvalue weighted by molar-refractivity contribution is 6.05. The van der Waals surface area contributed by atoms with Crippen LogP contribution in [-0.2, 0) is 0 Å². The third-order valence-corrected chi connectivity index (χ3v) is 3.99. The molecular weight excluding hydrogens is 262 g/mol. The number of carbonyl (C=O) groups is 1. The van der Waals surface area contributed by atoms with Crippen molar-refractivity contribution >= 4 is 17.3 Å². The van der Waals surface area contributed by atoms with Crippen LogP contribution in [0.25, 0.3) is 0 Å². The molecule has 1 saturated heterocycles. The van der Waals surface area contributed by atoms with E-state index in [2.05, 4.69) is 27.3 Å². The van der Waals surface area contributed by atoms with E-state index in [1.165, 1.54) is 18.5 Å². The van der Waals surface area contributed by atoms with Gasteiger partial charge in [-0.15, -0.1) is 0 Å². The molecule has 1 aromatic carbocycles. The van der Waals surface area contributed by atoms with Crippen molar-refractivity contribution in [2.24, 2.45) is 0 Å². The second-order valence-electron chi connectivity index (χ2n) is 5.69. The number of aryl methyl sites for hydroxylation is 2. The number of aromatic amines is 1. The highest BCUT2D eigenvalue weighted by Gasteiger charge is 2.13. The van der Waals surface area contributed by atoms with E-state index in [1.54, 1.807) is 0 Å². The van der Waals surface area contributed by atoms with Gasteiger partial charge in [-0.3, -0.25) is 4.79 Å². The third-order valence-electron chi connectivity index (χ3n) is 3.99. The van der Waals surface area contributed by atoms with Crippen LogP contribution in [-0.4, -0.2) is 24.0 Å². The summed E-state index contributed by atoms with van der Waals surface area (Å²) in [6, 6.07) is 9.98. The van der Waals surface area contributed by atoms with E-state index in [0.29, 0.717) is 5.56 Å². The minimum absolute atomic E-state index is 0.0641. The van der Waals surface area contributed by atoms with Gasteiger partial charge in [0.2, 0.25) is 0 Å². The molecule has 1 aliphatic heterocycles. The highest BCUT2D eigenvalue weighted by atomic mass is 16.1. The van der Waals surface area contributed by atoms with Crippen LogP contribution in [0.2, 0.25) is 0 Å². The summed E-state index contributed by atoms with van der Waals surface area (Å²) < 4.78 is 0. The van der Waals surface area contributed by atoms with Gasteiger partial charge < -0.3 is 15.2 Å². The first kappa shape index (κ1) is 13.7.